The highest BCUT2D eigenvalue weighted by Crippen LogP contribution is 2.69. The van der Waals surface area contributed by atoms with Crippen LogP contribution in [-0.2, 0) is 19.1 Å². The van der Waals surface area contributed by atoms with Gasteiger partial charge in [-0.3, -0.25) is 14.4 Å². The summed E-state index contributed by atoms with van der Waals surface area (Å²) >= 11 is 1.65. The summed E-state index contributed by atoms with van der Waals surface area (Å²) in [6, 6.07) is -1.32. The maximum Gasteiger partial charge on any atom is 0.310 e. The lowest BCUT2D eigenvalue weighted by atomic mass is 9.66. The molecule has 41 heavy (non-hydrogen) atoms. The van der Waals surface area contributed by atoms with Gasteiger partial charge in [-0.1, -0.05) is 53.7 Å². The van der Waals surface area contributed by atoms with E-state index >= 15 is 0 Å². The van der Waals surface area contributed by atoms with Crippen LogP contribution in [0.15, 0.2) is 25.3 Å². The predicted octanol–water partition coefficient (Wildman–Crippen LogP) is 5.47. The molecule has 0 radical (unpaired) electrons. The minimum atomic E-state index is -0.783. The lowest BCUT2D eigenvalue weighted by Crippen LogP contribution is -2.63. The molecular weight excluding hydrogens is 536 g/mol. The Bertz CT molecular complexity index is 1000. The smallest absolute Gasteiger partial charge is 0.310 e. The zero-order valence-electron chi connectivity index (χ0n) is 26.7. The first-order valence-corrected chi connectivity index (χ1v) is 16.3. The van der Waals surface area contributed by atoms with E-state index in [1.807, 2.05) is 24.8 Å². The highest BCUT2D eigenvalue weighted by atomic mass is 32.2. The van der Waals surface area contributed by atoms with Crippen molar-refractivity contribution in [3.63, 3.8) is 0 Å². The van der Waals surface area contributed by atoms with Crippen molar-refractivity contribution >= 4 is 29.5 Å². The van der Waals surface area contributed by atoms with Crippen LogP contribution in [0.2, 0.25) is 0 Å². The van der Waals surface area contributed by atoms with Gasteiger partial charge in [-0.25, -0.2) is 0 Å². The predicted molar refractivity (Wildman–Crippen MR) is 166 cm³/mol. The second kappa shape index (κ2) is 12.8. The summed E-state index contributed by atoms with van der Waals surface area (Å²) in [6.45, 7) is 24.8. The molecule has 1 spiro atoms. The van der Waals surface area contributed by atoms with Gasteiger partial charge in [-0.15, -0.1) is 24.9 Å². The number of aliphatic hydroxyl groups is 1. The number of esters is 1. The summed E-state index contributed by atoms with van der Waals surface area (Å²) in [5, 5.41) is 10.5. The molecule has 0 aromatic heterocycles. The van der Waals surface area contributed by atoms with Gasteiger partial charge in [0.25, 0.3) is 0 Å². The molecule has 1 N–H and O–H groups in total. The fourth-order valence-corrected chi connectivity index (χ4v) is 10.3. The minimum absolute atomic E-state index is 0.0326. The third-order valence-corrected chi connectivity index (χ3v) is 11.4. The standard InChI is InChI=1S/C33H54N2O5S/c1-11-13-14-15-17-40-30(39)25-24-18-22(5)33(41-24)26(25)28(37)35(23(19-36)21(3)4)27(33)29(38)34(16-12-2)32(9,10)20-31(6,7)8/h11-12,21-27,36H,1-2,13-20H2,3-10H3/t22?,23-,24+,25-,26-,27?,33?/m0/s1. The van der Waals surface area contributed by atoms with Gasteiger partial charge in [0.05, 0.1) is 35.8 Å². The van der Waals surface area contributed by atoms with Crippen molar-refractivity contribution in [3.8, 4) is 0 Å². The van der Waals surface area contributed by atoms with Gasteiger partial charge in [0, 0.05) is 17.3 Å². The first kappa shape index (κ1) is 33.7. The Kier molecular flexibility index (Phi) is 10.5. The Balaban J connectivity index is 2.08. The van der Waals surface area contributed by atoms with Crippen molar-refractivity contribution in [2.45, 2.75) is 115 Å². The number of thioether (sulfide) groups is 1. The van der Waals surface area contributed by atoms with Crippen LogP contribution in [0.4, 0.5) is 0 Å². The van der Waals surface area contributed by atoms with E-state index in [9.17, 15) is 19.5 Å². The molecule has 2 bridgehead atoms. The van der Waals surface area contributed by atoms with Gasteiger partial charge in [0.15, 0.2) is 0 Å². The van der Waals surface area contributed by atoms with Crippen LogP contribution >= 0.6 is 11.8 Å². The van der Waals surface area contributed by atoms with Crippen molar-refractivity contribution in [1.29, 1.82) is 0 Å². The van der Waals surface area contributed by atoms with Gasteiger partial charge in [0.1, 0.15) is 6.04 Å². The monoisotopic (exact) mass is 590 g/mol. The van der Waals surface area contributed by atoms with Crippen LogP contribution in [0.25, 0.3) is 0 Å². The van der Waals surface area contributed by atoms with Crippen LogP contribution < -0.4 is 0 Å². The molecular formula is C33H54N2O5S. The molecule has 7 nitrogen and oxygen atoms in total. The van der Waals surface area contributed by atoms with Gasteiger partial charge in [-0.05, 0) is 63.2 Å². The molecule has 3 aliphatic heterocycles. The van der Waals surface area contributed by atoms with Crippen molar-refractivity contribution in [2.24, 2.45) is 29.1 Å². The molecule has 8 heteroatoms. The van der Waals surface area contributed by atoms with Crippen LogP contribution in [0.1, 0.15) is 87.5 Å². The van der Waals surface area contributed by atoms with Crippen molar-refractivity contribution in [2.75, 3.05) is 19.8 Å². The lowest BCUT2D eigenvalue weighted by molar-refractivity contribution is -0.155. The maximum absolute atomic E-state index is 15.0. The summed E-state index contributed by atoms with van der Waals surface area (Å²) in [5.41, 5.74) is -0.539. The minimum Gasteiger partial charge on any atom is -0.465 e. The van der Waals surface area contributed by atoms with Crippen molar-refractivity contribution in [3.05, 3.63) is 25.3 Å². The average Bonchev–Trinajstić information content (AvgIpc) is 3.44. The number of likely N-dealkylation sites (tertiary alicyclic amines) is 1. The Morgan fingerprint density at radius 1 is 1.20 bits per heavy atom. The highest BCUT2D eigenvalue weighted by molar-refractivity contribution is 8.02. The Labute approximate surface area is 252 Å². The zero-order valence-corrected chi connectivity index (χ0v) is 27.5. The maximum atomic E-state index is 15.0. The molecule has 0 aliphatic carbocycles. The molecule has 3 rings (SSSR count). The molecule has 3 heterocycles. The first-order valence-electron chi connectivity index (χ1n) is 15.4. The Hall–Kier alpha value is -1.80. The molecule has 3 aliphatic rings. The number of ether oxygens (including phenoxy) is 1. The summed E-state index contributed by atoms with van der Waals surface area (Å²) in [4.78, 5) is 46.6. The van der Waals surface area contributed by atoms with Crippen molar-refractivity contribution < 1.29 is 24.2 Å². The SMILES string of the molecule is C=CCCCCOC(=O)[C@@H]1[C@H]2C(=O)N([C@@H](CO)C(C)C)C(C(=O)N(CC=C)C(C)(C)CC(C)(C)C)C23S[C@@H]1CC3C. The molecule has 2 amide bonds. The average molecular weight is 591 g/mol. The zero-order chi connectivity index (χ0) is 30.9. The summed E-state index contributed by atoms with van der Waals surface area (Å²) < 4.78 is 5.00. The third-order valence-electron chi connectivity index (χ3n) is 9.32. The number of rotatable bonds is 14. The number of carbonyl (C=O) groups is 3. The number of unbranched alkanes of at least 4 members (excludes halogenated alkanes) is 2. The largest absolute Gasteiger partial charge is 0.465 e. The Morgan fingerprint density at radius 3 is 2.39 bits per heavy atom. The molecule has 3 unspecified atom stereocenters. The summed E-state index contributed by atoms with van der Waals surface area (Å²) in [6.07, 6.45) is 7.62. The summed E-state index contributed by atoms with van der Waals surface area (Å²) in [5.74, 6) is -1.92. The van der Waals surface area contributed by atoms with E-state index < -0.39 is 34.2 Å². The number of amides is 2. The van der Waals surface area contributed by atoms with Gasteiger partial charge >= 0.3 is 5.97 Å². The van der Waals surface area contributed by atoms with Crippen LogP contribution in [0.3, 0.4) is 0 Å². The first-order chi connectivity index (χ1) is 19.1. The number of fused-ring (bicyclic) bond motifs is 1. The second-order valence-corrected chi connectivity index (χ2v) is 16.1. The molecule has 232 valence electrons. The van der Waals surface area contributed by atoms with E-state index in [-0.39, 0.29) is 46.9 Å². The van der Waals surface area contributed by atoms with Crippen LogP contribution in [0.5, 0.6) is 0 Å². The molecule has 3 saturated heterocycles. The van der Waals surface area contributed by atoms with E-state index in [1.54, 1.807) is 22.7 Å². The molecule has 0 aromatic rings. The third kappa shape index (κ3) is 6.29. The molecule has 0 aromatic carbocycles. The van der Waals surface area contributed by atoms with E-state index in [0.717, 1.165) is 32.1 Å². The van der Waals surface area contributed by atoms with Crippen LogP contribution in [0, 0.1) is 29.1 Å². The van der Waals surface area contributed by atoms with Gasteiger partial charge in [0.2, 0.25) is 11.8 Å². The fraction of sp³-hybridized carbons (Fsp3) is 0.788. The highest BCUT2D eigenvalue weighted by Gasteiger charge is 2.77. The summed E-state index contributed by atoms with van der Waals surface area (Å²) in [7, 11) is 0. The lowest BCUT2D eigenvalue weighted by Gasteiger charge is -2.48. The fourth-order valence-electron chi connectivity index (χ4n) is 7.95. The number of aliphatic hydroxyl groups excluding tert-OH is 1. The van der Waals surface area contributed by atoms with Gasteiger partial charge in [-0.2, -0.15) is 0 Å². The number of hydrogen-bond donors (Lipinski definition) is 1. The van der Waals surface area contributed by atoms with E-state index in [1.165, 1.54) is 0 Å². The van der Waals surface area contributed by atoms with Crippen LogP contribution in [-0.4, -0.2) is 80.1 Å². The number of allylic oxidation sites excluding steroid dienone is 1. The Morgan fingerprint density at radius 2 is 1.85 bits per heavy atom. The quantitative estimate of drug-likeness (QED) is 0.164. The number of hydrogen-bond acceptors (Lipinski definition) is 6. The number of carbonyl (C=O) groups excluding carboxylic acids is 3. The van der Waals surface area contributed by atoms with Crippen molar-refractivity contribution in [1.82, 2.24) is 9.80 Å². The molecule has 0 saturated carbocycles. The molecule has 3 fully saturated rings. The van der Waals surface area contributed by atoms with Gasteiger partial charge < -0.3 is 19.6 Å². The normalized spacial score (nSPS) is 30.0. The van der Waals surface area contributed by atoms with E-state index in [4.69, 9.17) is 4.74 Å². The molecule has 7 atom stereocenters. The van der Waals surface area contributed by atoms with E-state index in [0.29, 0.717) is 13.2 Å². The van der Waals surface area contributed by atoms with E-state index in [2.05, 4.69) is 54.7 Å². The number of nitrogens with zero attached hydrogens (tertiary/aromatic N) is 2. The topological polar surface area (TPSA) is 87.1 Å². The second-order valence-electron chi connectivity index (χ2n) is 14.5.